The quantitative estimate of drug-likeness (QED) is 0.784. The molecule has 0 aromatic heterocycles. The minimum absolute atomic E-state index is 0.205. The number of halogens is 1. The molecule has 1 aromatic rings. The molecule has 1 aliphatic carbocycles. The van der Waals surface area contributed by atoms with Gasteiger partial charge in [0, 0.05) is 17.1 Å². The molecule has 1 saturated carbocycles. The van der Waals surface area contributed by atoms with Gasteiger partial charge < -0.3 is 15.2 Å². The maximum absolute atomic E-state index is 12.4. The van der Waals surface area contributed by atoms with Crippen LogP contribution in [0, 0.1) is 11.8 Å². The fourth-order valence-corrected chi connectivity index (χ4v) is 3.29. The van der Waals surface area contributed by atoms with Gasteiger partial charge in [0.1, 0.15) is 5.75 Å². The number of nitrogens with one attached hydrogen (secondary N) is 1. The second-order valence-electron chi connectivity index (χ2n) is 6.15. The average molecular weight is 354 g/mol. The Balaban J connectivity index is 2.02. The van der Waals surface area contributed by atoms with Crippen LogP contribution in [0.3, 0.4) is 0 Å². The molecule has 132 valence electrons. The van der Waals surface area contributed by atoms with Crippen LogP contribution >= 0.6 is 11.6 Å². The van der Waals surface area contributed by atoms with Crippen molar-refractivity contribution in [2.45, 2.75) is 45.6 Å². The predicted molar refractivity (Wildman–Crippen MR) is 92.2 cm³/mol. The number of carbonyl (C=O) groups is 2. The molecule has 2 N–H and O–H groups in total. The van der Waals surface area contributed by atoms with Crippen LogP contribution in [-0.2, 0) is 16.1 Å². The monoisotopic (exact) mass is 353 g/mol. The van der Waals surface area contributed by atoms with Gasteiger partial charge in [-0.05, 0) is 37.5 Å². The summed E-state index contributed by atoms with van der Waals surface area (Å²) in [4.78, 5) is 23.8. The van der Waals surface area contributed by atoms with Crippen molar-refractivity contribution in [1.82, 2.24) is 5.32 Å². The van der Waals surface area contributed by atoms with Crippen molar-refractivity contribution in [2.24, 2.45) is 11.8 Å². The van der Waals surface area contributed by atoms with E-state index in [-0.39, 0.29) is 12.5 Å². The van der Waals surface area contributed by atoms with E-state index in [9.17, 15) is 14.7 Å². The number of carboxylic acid groups (broad SMARTS) is 1. The first kappa shape index (κ1) is 18.6. The number of benzene rings is 1. The largest absolute Gasteiger partial charge is 0.493 e. The summed E-state index contributed by atoms with van der Waals surface area (Å²) in [5.74, 6) is -1.45. The second kappa shape index (κ2) is 8.92. The minimum Gasteiger partial charge on any atom is -0.493 e. The molecule has 0 aliphatic heterocycles. The summed E-state index contributed by atoms with van der Waals surface area (Å²) in [6, 6.07) is 5.31. The van der Waals surface area contributed by atoms with Crippen molar-refractivity contribution in [3.05, 3.63) is 28.8 Å². The summed E-state index contributed by atoms with van der Waals surface area (Å²) in [5, 5.41) is 12.7. The predicted octanol–water partition coefficient (Wildman–Crippen LogP) is 3.64. The van der Waals surface area contributed by atoms with E-state index in [4.69, 9.17) is 16.3 Å². The summed E-state index contributed by atoms with van der Waals surface area (Å²) >= 11 is 6.03. The number of hydrogen-bond donors (Lipinski definition) is 2. The maximum atomic E-state index is 12.4. The Morgan fingerprint density at radius 2 is 2.00 bits per heavy atom. The molecule has 0 spiro atoms. The normalized spacial score (nSPS) is 20.4. The smallest absolute Gasteiger partial charge is 0.307 e. The molecule has 1 fully saturated rings. The van der Waals surface area contributed by atoms with E-state index in [1.807, 2.05) is 6.92 Å². The first-order valence-corrected chi connectivity index (χ1v) is 8.82. The Morgan fingerprint density at radius 1 is 1.29 bits per heavy atom. The molecule has 1 aliphatic rings. The first-order chi connectivity index (χ1) is 11.5. The van der Waals surface area contributed by atoms with Crippen molar-refractivity contribution < 1.29 is 19.4 Å². The Kier molecular flexibility index (Phi) is 6.91. The topological polar surface area (TPSA) is 75.6 Å². The molecule has 1 aromatic carbocycles. The first-order valence-electron chi connectivity index (χ1n) is 8.44. The van der Waals surface area contributed by atoms with E-state index in [1.165, 1.54) is 0 Å². The van der Waals surface area contributed by atoms with Crippen LogP contribution in [0.5, 0.6) is 5.75 Å². The lowest BCUT2D eigenvalue weighted by Gasteiger charge is -2.27. The molecule has 2 unspecified atom stereocenters. The van der Waals surface area contributed by atoms with Gasteiger partial charge in [0.2, 0.25) is 5.91 Å². The number of aliphatic carboxylic acids is 1. The van der Waals surface area contributed by atoms with Gasteiger partial charge in [-0.2, -0.15) is 0 Å². The Bertz CT molecular complexity index is 590. The summed E-state index contributed by atoms with van der Waals surface area (Å²) in [7, 11) is 0. The molecule has 2 rings (SSSR count). The van der Waals surface area contributed by atoms with Gasteiger partial charge >= 0.3 is 5.97 Å². The molecule has 1 amide bonds. The van der Waals surface area contributed by atoms with E-state index < -0.39 is 17.8 Å². The number of ether oxygens (including phenoxy) is 1. The zero-order chi connectivity index (χ0) is 17.5. The highest BCUT2D eigenvalue weighted by atomic mass is 35.5. The molecule has 0 heterocycles. The second-order valence-corrected chi connectivity index (χ2v) is 6.59. The molecule has 0 bridgehead atoms. The van der Waals surface area contributed by atoms with E-state index in [0.717, 1.165) is 24.8 Å². The Hall–Kier alpha value is -1.75. The van der Waals surface area contributed by atoms with Crippen LogP contribution in [-0.4, -0.2) is 23.6 Å². The number of rotatable bonds is 7. The molecule has 5 nitrogen and oxygen atoms in total. The number of carboxylic acids is 1. The Labute approximate surface area is 147 Å². The van der Waals surface area contributed by atoms with Crippen LogP contribution in [0.4, 0.5) is 0 Å². The third-order valence-electron chi connectivity index (χ3n) is 4.36. The van der Waals surface area contributed by atoms with Gasteiger partial charge in [-0.1, -0.05) is 31.4 Å². The molecule has 0 radical (unpaired) electrons. The highest BCUT2D eigenvalue weighted by Gasteiger charge is 2.35. The summed E-state index contributed by atoms with van der Waals surface area (Å²) in [6.45, 7) is 2.89. The third kappa shape index (κ3) is 4.87. The lowest BCUT2D eigenvalue weighted by atomic mass is 9.78. The van der Waals surface area contributed by atoms with Gasteiger partial charge in [-0.15, -0.1) is 0 Å². The highest BCUT2D eigenvalue weighted by Crippen LogP contribution is 2.31. The summed E-state index contributed by atoms with van der Waals surface area (Å²) < 4.78 is 5.67. The SMILES string of the molecule is CCCOc1ccc(Cl)cc1CNC(=O)C1CCCCC1C(=O)O. The fourth-order valence-electron chi connectivity index (χ4n) is 3.09. The number of hydrogen-bond acceptors (Lipinski definition) is 3. The Morgan fingerprint density at radius 3 is 2.67 bits per heavy atom. The summed E-state index contributed by atoms with van der Waals surface area (Å²) in [5.41, 5.74) is 0.798. The maximum Gasteiger partial charge on any atom is 0.307 e. The van der Waals surface area contributed by atoms with Crippen LogP contribution in [0.15, 0.2) is 18.2 Å². The van der Waals surface area contributed by atoms with E-state index in [0.29, 0.717) is 30.2 Å². The van der Waals surface area contributed by atoms with Gasteiger partial charge in [-0.25, -0.2) is 0 Å². The molecular weight excluding hydrogens is 330 g/mol. The average Bonchev–Trinajstić information content (AvgIpc) is 2.58. The molecule has 0 saturated heterocycles. The van der Waals surface area contributed by atoms with Gasteiger partial charge in [0.25, 0.3) is 0 Å². The van der Waals surface area contributed by atoms with Crippen LogP contribution in [0.2, 0.25) is 5.02 Å². The molecule has 6 heteroatoms. The van der Waals surface area contributed by atoms with Crippen LogP contribution < -0.4 is 10.1 Å². The van der Waals surface area contributed by atoms with Gasteiger partial charge in [0.15, 0.2) is 0 Å². The lowest BCUT2D eigenvalue weighted by Crippen LogP contribution is -2.39. The number of amides is 1. The van der Waals surface area contributed by atoms with Crippen molar-refractivity contribution in [2.75, 3.05) is 6.61 Å². The highest BCUT2D eigenvalue weighted by molar-refractivity contribution is 6.30. The van der Waals surface area contributed by atoms with Crippen LogP contribution in [0.25, 0.3) is 0 Å². The number of carbonyl (C=O) groups excluding carboxylic acids is 1. The zero-order valence-electron chi connectivity index (χ0n) is 13.9. The lowest BCUT2D eigenvalue weighted by molar-refractivity contribution is -0.148. The van der Waals surface area contributed by atoms with Gasteiger partial charge in [0.05, 0.1) is 18.4 Å². The minimum atomic E-state index is -0.885. The van der Waals surface area contributed by atoms with Crippen LogP contribution in [0.1, 0.15) is 44.6 Å². The molecule has 2 atom stereocenters. The van der Waals surface area contributed by atoms with Crippen molar-refractivity contribution >= 4 is 23.5 Å². The third-order valence-corrected chi connectivity index (χ3v) is 4.59. The van der Waals surface area contributed by atoms with Gasteiger partial charge in [-0.3, -0.25) is 9.59 Å². The van der Waals surface area contributed by atoms with E-state index in [2.05, 4.69) is 5.32 Å². The summed E-state index contributed by atoms with van der Waals surface area (Å²) in [6.07, 6.45) is 3.83. The molecular formula is C18H24ClNO4. The van der Waals surface area contributed by atoms with Crippen molar-refractivity contribution in [3.63, 3.8) is 0 Å². The van der Waals surface area contributed by atoms with Crippen molar-refractivity contribution in [1.29, 1.82) is 0 Å². The molecule has 24 heavy (non-hydrogen) atoms. The zero-order valence-corrected chi connectivity index (χ0v) is 14.6. The standard InChI is InChI=1S/C18H24ClNO4/c1-2-9-24-16-8-7-13(19)10-12(16)11-20-17(21)14-5-3-4-6-15(14)18(22)23/h7-8,10,14-15H,2-6,9,11H2,1H3,(H,20,21)(H,22,23). The van der Waals surface area contributed by atoms with E-state index >= 15 is 0 Å². The van der Waals surface area contributed by atoms with Crippen molar-refractivity contribution in [3.8, 4) is 5.75 Å². The van der Waals surface area contributed by atoms with E-state index in [1.54, 1.807) is 18.2 Å². The fraction of sp³-hybridized carbons (Fsp3) is 0.556.